The molecule has 2 heterocycles. The largest absolute Gasteiger partial charge is 0.241 e. The molecule has 2 nitrogen and oxygen atoms in total. The summed E-state index contributed by atoms with van der Waals surface area (Å²) in [5, 5.41) is 4.20. The molecule has 0 spiro atoms. The molecular formula is C10H12N2. The predicted molar refractivity (Wildman–Crippen MR) is 49.3 cm³/mol. The zero-order valence-electron chi connectivity index (χ0n) is 7.36. The molecule has 0 saturated heterocycles. The lowest BCUT2D eigenvalue weighted by atomic mass is 10.0. The van der Waals surface area contributed by atoms with Gasteiger partial charge in [-0.15, -0.1) is 0 Å². The fraction of sp³-hybridized carbons (Fsp3) is 0.300. The third kappa shape index (κ3) is 0.998. The monoisotopic (exact) mass is 160 g/mol. The van der Waals surface area contributed by atoms with Gasteiger partial charge in [-0.25, -0.2) is 4.52 Å². The van der Waals surface area contributed by atoms with Gasteiger partial charge in [0.15, 0.2) is 0 Å². The first-order valence-corrected chi connectivity index (χ1v) is 4.21. The van der Waals surface area contributed by atoms with Crippen LogP contribution in [0.2, 0.25) is 0 Å². The Morgan fingerprint density at radius 1 is 1.33 bits per heavy atom. The van der Waals surface area contributed by atoms with Crippen LogP contribution in [0.4, 0.5) is 0 Å². The molecule has 2 aromatic rings. The van der Waals surface area contributed by atoms with Crippen molar-refractivity contribution in [3.63, 3.8) is 0 Å². The Hall–Kier alpha value is -1.31. The van der Waals surface area contributed by atoms with Crippen LogP contribution in [0.25, 0.3) is 5.52 Å². The van der Waals surface area contributed by atoms with Crippen LogP contribution in [0.15, 0.2) is 30.6 Å². The van der Waals surface area contributed by atoms with Crippen LogP contribution in [-0.2, 0) is 0 Å². The van der Waals surface area contributed by atoms with Gasteiger partial charge >= 0.3 is 0 Å². The molecule has 0 atom stereocenters. The Morgan fingerprint density at radius 3 is 2.92 bits per heavy atom. The molecule has 0 bridgehead atoms. The number of aromatic nitrogens is 2. The minimum absolute atomic E-state index is 0.561. The van der Waals surface area contributed by atoms with Crippen LogP contribution in [0.1, 0.15) is 25.3 Å². The number of nitrogens with zero attached hydrogens (tertiary/aromatic N) is 2. The van der Waals surface area contributed by atoms with Crippen molar-refractivity contribution >= 4 is 5.52 Å². The molecule has 0 aliphatic heterocycles. The Balaban J connectivity index is 2.73. The van der Waals surface area contributed by atoms with Gasteiger partial charge in [0.1, 0.15) is 0 Å². The molecule has 0 radical (unpaired) electrons. The fourth-order valence-electron chi connectivity index (χ4n) is 1.46. The van der Waals surface area contributed by atoms with Gasteiger partial charge in [-0.1, -0.05) is 13.8 Å². The van der Waals surface area contributed by atoms with E-state index in [9.17, 15) is 0 Å². The van der Waals surface area contributed by atoms with Gasteiger partial charge < -0.3 is 0 Å². The van der Waals surface area contributed by atoms with Crippen LogP contribution in [0.5, 0.6) is 0 Å². The van der Waals surface area contributed by atoms with Crippen molar-refractivity contribution in [1.29, 1.82) is 0 Å². The standard InChI is InChI=1S/C10H12N2/c1-8(2)9-5-6-11-12-7-3-4-10(9)12/h3-8H,1-2H3. The number of fused-ring (bicyclic) bond motifs is 1. The third-order valence-corrected chi connectivity index (χ3v) is 2.09. The summed E-state index contributed by atoms with van der Waals surface area (Å²) in [6.07, 6.45) is 3.82. The van der Waals surface area contributed by atoms with E-state index in [1.54, 1.807) is 0 Å². The second-order valence-electron chi connectivity index (χ2n) is 3.28. The normalized spacial score (nSPS) is 11.2. The summed E-state index contributed by atoms with van der Waals surface area (Å²) >= 11 is 0. The van der Waals surface area contributed by atoms with Crippen molar-refractivity contribution in [2.45, 2.75) is 19.8 Å². The van der Waals surface area contributed by atoms with Gasteiger partial charge in [0.25, 0.3) is 0 Å². The second kappa shape index (κ2) is 2.63. The van der Waals surface area contributed by atoms with Crippen molar-refractivity contribution in [2.75, 3.05) is 0 Å². The first kappa shape index (κ1) is 7.35. The summed E-state index contributed by atoms with van der Waals surface area (Å²) in [5.74, 6) is 0.561. The van der Waals surface area contributed by atoms with Crippen LogP contribution in [0, 0.1) is 0 Å². The molecule has 0 aliphatic carbocycles. The second-order valence-corrected chi connectivity index (χ2v) is 3.28. The van der Waals surface area contributed by atoms with Gasteiger partial charge in [-0.05, 0) is 29.7 Å². The van der Waals surface area contributed by atoms with E-state index < -0.39 is 0 Å². The maximum atomic E-state index is 4.20. The number of hydrogen-bond donors (Lipinski definition) is 0. The SMILES string of the molecule is CC(C)c1ccnn2cccc12. The highest BCUT2D eigenvalue weighted by molar-refractivity contribution is 5.55. The topological polar surface area (TPSA) is 17.3 Å². The molecule has 0 N–H and O–H groups in total. The molecule has 0 fully saturated rings. The van der Waals surface area contributed by atoms with E-state index in [-0.39, 0.29) is 0 Å². The summed E-state index contributed by atoms with van der Waals surface area (Å²) in [6, 6.07) is 6.20. The van der Waals surface area contributed by atoms with Crippen molar-refractivity contribution < 1.29 is 0 Å². The lowest BCUT2D eigenvalue weighted by molar-refractivity contribution is 0.841. The first-order chi connectivity index (χ1) is 5.79. The van der Waals surface area contributed by atoms with E-state index in [4.69, 9.17) is 0 Å². The van der Waals surface area contributed by atoms with E-state index in [0.717, 1.165) is 0 Å². The molecule has 0 unspecified atom stereocenters. The molecule has 0 saturated carbocycles. The molecule has 0 aliphatic rings. The summed E-state index contributed by atoms with van der Waals surface area (Å²) in [5.41, 5.74) is 2.57. The Morgan fingerprint density at radius 2 is 2.17 bits per heavy atom. The third-order valence-electron chi connectivity index (χ3n) is 2.09. The van der Waals surface area contributed by atoms with E-state index in [1.165, 1.54) is 11.1 Å². The first-order valence-electron chi connectivity index (χ1n) is 4.21. The average molecular weight is 160 g/mol. The summed E-state index contributed by atoms with van der Waals surface area (Å²) in [4.78, 5) is 0. The molecule has 0 amide bonds. The van der Waals surface area contributed by atoms with Crippen LogP contribution in [-0.4, -0.2) is 9.61 Å². The number of hydrogen-bond acceptors (Lipinski definition) is 1. The number of rotatable bonds is 1. The van der Waals surface area contributed by atoms with Gasteiger partial charge in [0.2, 0.25) is 0 Å². The molecule has 2 aromatic heterocycles. The predicted octanol–water partition coefficient (Wildman–Crippen LogP) is 2.46. The van der Waals surface area contributed by atoms with E-state index in [2.05, 4.69) is 31.1 Å². The van der Waals surface area contributed by atoms with Crippen molar-refractivity contribution in [3.8, 4) is 0 Å². The minimum Gasteiger partial charge on any atom is -0.241 e. The summed E-state index contributed by atoms with van der Waals surface area (Å²) in [6.45, 7) is 4.39. The molecule has 2 heteroatoms. The van der Waals surface area contributed by atoms with Crippen molar-refractivity contribution in [3.05, 3.63) is 36.2 Å². The van der Waals surface area contributed by atoms with Gasteiger partial charge in [-0.3, -0.25) is 0 Å². The Labute approximate surface area is 71.8 Å². The maximum absolute atomic E-state index is 4.20. The minimum atomic E-state index is 0.561. The molecular weight excluding hydrogens is 148 g/mol. The quantitative estimate of drug-likeness (QED) is 0.626. The highest BCUT2D eigenvalue weighted by Crippen LogP contribution is 2.18. The lowest BCUT2D eigenvalue weighted by Crippen LogP contribution is -1.95. The van der Waals surface area contributed by atoms with Crippen LogP contribution < -0.4 is 0 Å². The molecule has 0 aromatic carbocycles. The van der Waals surface area contributed by atoms with Crippen LogP contribution in [0.3, 0.4) is 0 Å². The van der Waals surface area contributed by atoms with Gasteiger partial charge in [0, 0.05) is 12.4 Å². The van der Waals surface area contributed by atoms with Gasteiger partial charge in [-0.2, -0.15) is 5.10 Å². The molecule has 2 rings (SSSR count). The fourth-order valence-corrected chi connectivity index (χ4v) is 1.46. The van der Waals surface area contributed by atoms with E-state index in [1.807, 2.05) is 23.0 Å². The Bertz CT molecular complexity index is 387. The molecule has 62 valence electrons. The van der Waals surface area contributed by atoms with E-state index >= 15 is 0 Å². The van der Waals surface area contributed by atoms with E-state index in [0.29, 0.717) is 5.92 Å². The zero-order chi connectivity index (χ0) is 8.55. The summed E-state index contributed by atoms with van der Waals surface area (Å²) in [7, 11) is 0. The maximum Gasteiger partial charge on any atom is 0.0681 e. The van der Waals surface area contributed by atoms with Crippen molar-refractivity contribution in [2.24, 2.45) is 0 Å². The smallest absolute Gasteiger partial charge is 0.0681 e. The highest BCUT2D eigenvalue weighted by atomic mass is 15.2. The van der Waals surface area contributed by atoms with Gasteiger partial charge in [0.05, 0.1) is 5.52 Å². The Kier molecular flexibility index (Phi) is 1.61. The van der Waals surface area contributed by atoms with Crippen LogP contribution >= 0.6 is 0 Å². The lowest BCUT2D eigenvalue weighted by Gasteiger charge is -2.06. The average Bonchev–Trinajstić information content (AvgIpc) is 2.49. The highest BCUT2D eigenvalue weighted by Gasteiger charge is 2.03. The zero-order valence-corrected chi connectivity index (χ0v) is 7.36. The molecule has 12 heavy (non-hydrogen) atoms. The summed E-state index contributed by atoms with van der Waals surface area (Å²) < 4.78 is 1.91. The van der Waals surface area contributed by atoms with Crippen molar-refractivity contribution in [1.82, 2.24) is 9.61 Å².